The number of benzene rings is 1. The number of nitrogens with one attached hydrogen (secondary N) is 1. The van der Waals surface area contributed by atoms with Gasteiger partial charge in [0.15, 0.2) is 0 Å². The molecular weight excluding hydrogens is 330 g/mol. The molecule has 1 aliphatic rings. The molecule has 0 saturated carbocycles. The molecule has 1 saturated heterocycles. The van der Waals surface area contributed by atoms with Crippen molar-refractivity contribution in [2.45, 2.75) is 12.5 Å². The van der Waals surface area contributed by atoms with Crippen LogP contribution in [0.25, 0.3) is 5.69 Å². The summed E-state index contributed by atoms with van der Waals surface area (Å²) in [4.78, 5) is 18.3. The summed E-state index contributed by atoms with van der Waals surface area (Å²) in [6.07, 6.45) is 7.79. The van der Waals surface area contributed by atoms with Crippen molar-refractivity contribution in [1.29, 1.82) is 0 Å². The van der Waals surface area contributed by atoms with E-state index in [0.29, 0.717) is 13.1 Å². The van der Waals surface area contributed by atoms with Crippen LogP contribution in [0.5, 0.6) is 5.75 Å². The van der Waals surface area contributed by atoms with Crippen LogP contribution < -0.4 is 10.1 Å². The van der Waals surface area contributed by atoms with E-state index in [2.05, 4.69) is 15.4 Å². The van der Waals surface area contributed by atoms with Crippen LogP contribution in [0.3, 0.4) is 0 Å². The van der Waals surface area contributed by atoms with E-state index in [-0.39, 0.29) is 12.1 Å². The summed E-state index contributed by atoms with van der Waals surface area (Å²) in [5.74, 6) is 0.731. The van der Waals surface area contributed by atoms with Crippen molar-refractivity contribution in [1.82, 2.24) is 19.7 Å². The number of nitrogens with zero attached hydrogens (tertiary/aromatic N) is 4. The predicted octanol–water partition coefficient (Wildman–Crippen LogP) is 2.95. The Kier molecular flexibility index (Phi) is 4.51. The van der Waals surface area contributed by atoms with Crippen LogP contribution in [-0.4, -0.2) is 44.9 Å². The van der Waals surface area contributed by atoms with Crippen molar-refractivity contribution in [3.05, 3.63) is 67.3 Å². The zero-order valence-electron chi connectivity index (χ0n) is 14.2. The van der Waals surface area contributed by atoms with E-state index < -0.39 is 0 Å². The molecule has 7 heteroatoms. The fourth-order valence-corrected chi connectivity index (χ4v) is 2.94. The molecule has 1 aliphatic heterocycles. The molecule has 3 heterocycles. The van der Waals surface area contributed by atoms with Crippen molar-refractivity contribution >= 4 is 11.7 Å². The number of aromatic nitrogens is 3. The molecule has 1 N–H and O–H groups in total. The lowest BCUT2D eigenvalue weighted by molar-refractivity contribution is 0.194. The number of ether oxygens (including phenoxy) is 1. The molecule has 0 spiro atoms. The number of carbonyl (C=O) groups excluding carboxylic acids is 1. The molecule has 0 unspecified atom stereocenters. The highest BCUT2D eigenvalue weighted by Crippen LogP contribution is 2.19. The van der Waals surface area contributed by atoms with E-state index in [1.165, 1.54) is 0 Å². The van der Waals surface area contributed by atoms with E-state index >= 15 is 0 Å². The third-order valence-electron chi connectivity index (χ3n) is 4.26. The second-order valence-corrected chi connectivity index (χ2v) is 6.09. The highest BCUT2D eigenvalue weighted by atomic mass is 16.5. The summed E-state index contributed by atoms with van der Waals surface area (Å²) < 4.78 is 7.64. The fraction of sp³-hybridized carbons (Fsp3) is 0.211. The molecular formula is C19H19N5O2. The Morgan fingerprint density at radius 2 is 2.04 bits per heavy atom. The van der Waals surface area contributed by atoms with Gasteiger partial charge in [-0.15, -0.1) is 0 Å². The average molecular weight is 349 g/mol. The molecule has 7 nitrogen and oxygen atoms in total. The van der Waals surface area contributed by atoms with Crippen LogP contribution in [-0.2, 0) is 0 Å². The lowest BCUT2D eigenvalue weighted by atomic mass is 10.3. The van der Waals surface area contributed by atoms with E-state index in [9.17, 15) is 4.79 Å². The lowest BCUT2D eigenvalue weighted by Gasteiger charge is -2.18. The van der Waals surface area contributed by atoms with E-state index in [0.717, 1.165) is 23.5 Å². The van der Waals surface area contributed by atoms with Gasteiger partial charge in [0.2, 0.25) is 0 Å². The minimum Gasteiger partial charge on any atom is -0.487 e. The van der Waals surface area contributed by atoms with Crippen LogP contribution in [0.15, 0.2) is 67.3 Å². The summed E-state index contributed by atoms with van der Waals surface area (Å²) in [6, 6.07) is 13.0. The Hall–Kier alpha value is -3.35. The smallest absolute Gasteiger partial charge is 0.321 e. The van der Waals surface area contributed by atoms with E-state index in [4.69, 9.17) is 4.74 Å². The number of amides is 2. The number of likely N-dealkylation sites (tertiary alicyclic amines) is 1. The lowest BCUT2D eigenvalue weighted by Crippen LogP contribution is -2.34. The van der Waals surface area contributed by atoms with Crippen LogP contribution >= 0.6 is 0 Å². The van der Waals surface area contributed by atoms with Crippen LogP contribution in [0.4, 0.5) is 10.5 Å². The van der Waals surface area contributed by atoms with Gasteiger partial charge in [0.05, 0.1) is 18.4 Å². The number of pyridine rings is 1. The van der Waals surface area contributed by atoms with Gasteiger partial charge in [0.1, 0.15) is 11.9 Å². The van der Waals surface area contributed by atoms with Crippen molar-refractivity contribution in [3.8, 4) is 11.4 Å². The number of rotatable bonds is 4. The largest absolute Gasteiger partial charge is 0.487 e. The fourth-order valence-electron chi connectivity index (χ4n) is 2.94. The van der Waals surface area contributed by atoms with Crippen LogP contribution in [0, 0.1) is 0 Å². The van der Waals surface area contributed by atoms with Gasteiger partial charge < -0.3 is 15.0 Å². The van der Waals surface area contributed by atoms with Gasteiger partial charge in [0, 0.05) is 37.2 Å². The molecule has 1 atom stereocenters. The molecule has 0 bridgehead atoms. The van der Waals surface area contributed by atoms with Gasteiger partial charge in [-0.1, -0.05) is 0 Å². The minimum atomic E-state index is -0.117. The highest BCUT2D eigenvalue weighted by Gasteiger charge is 2.27. The Bertz CT molecular complexity index is 849. The molecule has 1 fully saturated rings. The summed E-state index contributed by atoms with van der Waals surface area (Å²) >= 11 is 0. The van der Waals surface area contributed by atoms with Gasteiger partial charge in [0.25, 0.3) is 0 Å². The van der Waals surface area contributed by atoms with Crippen molar-refractivity contribution in [2.24, 2.45) is 0 Å². The van der Waals surface area contributed by atoms with Crippen molar-refractivity contribution in [3.63, 3.8) is 0 Å². The first-order valence-electron chi connectivity index (χ1n) is 8.50. The molecule has 26 heavy (non-hydrogen) atoms. The average Bonchev–Trinajstić information content (AvgIpc) is 3.35. The molecule has 4 rings (SSSR count). The maximum absolute atomic E-state index is 12.5. The van der Waals surface area contributed by atoms with E-state index in [1.54, 1.807) is 28.2 Å². The van der Waals surface area contributed by atoms with Gasteiger partial charge in [-0.25, -0.2) is 9.48 Å². The van der Waals surface area contributed by atoms with Gasteiger partial charge >= 0.3 is 6.03 Å². The molecule has 1 aromatic carbocycles. The van der Waals surface area contributed by atoms with E-state index in [1.807, 2.05) is 48.7 Å². The monoisotopic (exact) mass is 349 g/mol. The second-order valence-electron chi connectivity index (χ2n) is 6.09. The van der Waals surface area contributed by atoms with Gasteiger partial charge in [-0.3, -0.25) is 4.98 Å². The first-order valence-corrected chi connectivity index (χ1v) is 8.50. The van der Waals surface area contributed by atoms with Crippen molar-refractivity contribution < 1.29 is 9.53 Å². The number of urea groups is 1. The Labute approximate surface area is 151 Å². The van der Waals surface area contributed by atoms with Crippen LogP contribution in [0.1, 0.15) is 6.42 Å². The zero-order valence-corrected chi connectivity index (χ0v) is 14.2. The summed E-state index contributed by atoms with van der Waals surface area (Å²) in [6.45, 7) is 1.23. The Morgan fingerprint density at radius 3 is 2.77 bits per heavy atom. The van der Waals surface area contributed by atoms with Gasteiger partial charge in [-0.05, 0) is 42.5 Å². The maximum atomic E-state index is 12.5. The number of anilines is 1. The van der Waals surface area contributed by atoms with Crippen molar-refractivity contribution in [2.75, 3.05) is 18.4 Å². The molecule has 132 valence electrons. The minimum absolute atomic E-state index is 0.00728. The quantitative estimate of drug-likeness (QED) is 0.786. The molecule has 0 radical (unpaired) electrons. The summed E-state index contributed by atoms with van der Waals surface area (Å²) in [5, 5.41) is 7.12. The maximum Gasteiger partial charge on any atom is 0.321 e. The Balaban J connectivity index is 1.32. The topological polar surface area (TPSA) is 72.3 Å². The number of hydrogen-bond donors (Lipinski definition) is 1. The third-order valence-corrected chi connectivity index (χ3v) is 4.26. The number of hydrogen-bond acceptors (Lipinski definition) is 4. The predicted molar refractivity (Wildman–Crippen MR) is 97.4 cm³/mol. The Morgan fingerprint density at radius 1 is 1.15 bits per heavy atom. The molecule has 2 aromatic heterocycles. The third kappa shape index (κ3) is 3.66. The standard InChI is InChI=1S/C19H19N5O2/c25-19(22-15-4-6-16(7-5-15)24-11-2-10-21-24)23-12-8-18(14-23)26-17-3-1-9-20-13-17/h1-7,9-11,13,18H,8,12,14H2,(H,22,25)/t18-/m1/s1. The summed E-state index contributed by atoms with van der Waals surface area (Å²) in [7, 11) is 0. The highest BCUT2D eigenvalue weighted by molar-refractivity contribution is 5.89. The molecule has 3 aromatic rings. The molecule has 0 aliphatic carbocycles. The summed E-state index contributed by atoms with van der Waals surface area (Å²) in [5.41, 5.74) is 1.70. The first-order chi connectivity index (χ1) is 12.8. The second kappa shape index (κ2) is 7.26. The first kappa shape index (κ1) is 16.1. The number of carbonyl (C=O) groups is 1. The zero-order chi connectivity index (χ0) is 17.8. The van der Waals surface area contributed by atoms with Crippen LogP contribution in [0.2, 0.25) is 0 Å². The van der Waals surface area contributed by atoms with Gasteiger partial charge in [-0.2, -0.15) is 5.10 Å². The molecule has 2 amide bonds. The normalized spacial score (nSPS) is 16.5. The SMILES string of the molecule is O=C(Nc1ccc(-n2cccn2)cc1)N1CC[C@@H](Oc2cccnc2)C1.